The van der Waals surface area contributed by atoms with Gasteiger partial charge in [0.1, 0.15) is 5.75 Å². The van der Waals surface area contributed by atoms with E-state index in [1.807, 2.05) is 0 Å². The minimum absolute atomic E-state index is 0.0686. The molecule has 0 amide bonds. The molecule has 0 aliphatic carbocycles. The summed E-state index contributed by atoms with van der Waals surface area (Å²) in [5, 5.41) is -0.0686. The summed E-state index contributed by atoms with van der Waals surface area (Å²) in [5.41, 5.74) is 0.432. The Morgan fingerprint density at radius 2 is 2.13 bits per heavy atom. The molecule has 1 aromatic carbocycles. The number of esters is 1. The molecule has 0 bridgehead atoms. The number of hydrogen-bond acceptors (Lipinski definition) is 5. The highest BCUT2D eigenvalue weighted by molar-refractivity contribution is 14.1. The van der Waals surface area contributed by atoms with Gasteiger partial charge in [-0.3, -0.25) is 0 Å². The van der Waals surface area contributed by atoms with Gasteiger partial charge in [-0.25, -0.2) is 9.18 Å². The molecule has 1 unspecified atom stereocenters. The van der Waals surface area contributed by atoms with Crippen LogP contribution < -0.4 is 4.74 Å². The van der Waals surface area contributed by atoms with Crippen LogP contribution in [0.4, 0.5) is 4.39 Å². The van der Waals surface area contributed by atoms with Gasteiger partial charge in [0.05, 0.1) is 34.0 Å². The summed E-state index contributed by atoms with van der Waals surface area (Å²) in [6.45, 7) is 5.95. The molecule has 1 aromatic rings. The molecular weight excluding hydrogens is 442 g/mol. The average molecular weight is 459 g/mol. The molecule has 1 fully saturated rings. The Labute approximate surface area is 152 Å². The van der Waals surface area contributed by atoms with Crippen molar-refractivity contribution in [1.82, 2.24) is 0 Å². The number of carbonyl (C=O) groups is 1. The lowest BCUT2D eigenvalue weighted by Crippen LogP contribution is -2.30. The van der Waals surface area contributed by atoms with Crippen molar-refractivity contribution in [1.29, 1.82) is 0 Å². The summed E-state index contributed by atoms with van der Waals surface area (Å²) in [5.74, 6) is -2.11. The van der Waals surface area contributed by atoms with Crippen LogP contribution in [0.1, 0.15) is 26.3 Å². The second-order valence-corrected chi connectivity index (χ2v) is 6.50. The Morgan fingerprint density at radius 1 is 1.52 bits per heavy atom. The lowest BCUT2D eigenvalue weighted by atomic mass is 10.1. The van der Waals surface area contributed by atoms with Gasteiger partial charge in [-0.05, 0) is 49.4 Å². The van der Waals surface area contributed by atoms with Gasteiger partial charge in [0.25, 0.3) is 0 Å². The second-order valence-electron chi connectivity index (χ2n) is 5.02. The van der Waals surface area contributed by atoms with E-state index in [9.17, 15) is 9.18 Å². The van der Waals surface area contributed by atoms with Gasteiger partial charge in [0, 0.05) is 0 Å². The third-order valence-corrected chi connectivity index (χ3v) is 4.60. The van der Waals surface area contributed by atoms with Gasteiger partial charge >= 0.3 is 5.97 Å². The first-order chi connectivity index (χ1) is 10.8. The highest BCUT2D eigenvalue weighted by Crippen LogP contribution is 2.42. The van der Waals surface area contributed by atoms with Gasteiger partial charge in [-0.1, -0.05) is 11.6 Å². The molecule has 8 heteroatoms. The molecule has 1 heterocycles. The number of ether oxygens (including phenoxy) is 4. The van der Waals surface area contributed by atoms with Crippen molar-refractivity contribution < 1.29 is 28.1 Å². The van der Waals surface area contributed by atoms with E-state index in [-0.39, 0.29) is 20.9 Å². The molecule has 0 aromatic heterocycles. The molecule has 0 spiro atoms. The molecular formula is C15H17ClFIO5. The SMILES string of the molecule is CCOC(=O)C(C)Oc1c(C2(C)OCCO2)cc(Cl)c(F)c1I. The van der Waals surface area contributed by atoms with Crippen LogP contribution in [0.25, 0.3) is 0 Å². The van der Waals surface area contributed by atoms with Gasteiger partial charge in [-0.2, -0.15) is 0 Å². The first-order valence-corrected chi connectivity index (χ1v) is 8.55. The van der Waals surface area contributed by atoms with Crippen molar-refractivity contribution in [3.05, 3.63) is 26.0 Å². The van der Waals surface area contributed by atoms with Crippen molar-refractivity contribution in [2.24, 2.45) is 0 Å². The van der Waals surface area contributed by atoms with Gasteiger partial charge in [-0.15, -0.1) is 0 Å². The molecule has 2 rings (SSSR count). The highest BCUT2D eigenvalue weighted by atomic mass is 127. The van der Waals surface area contributed by atoms with Crippen molar-refractivity contribution in [2.75, 3.05) is 19.8 Å². The molecule has 128 valence electrons. The third kappa shape index (κ3) is 3.89. The third-order valence-electron chi connectivity index (χ3n) is 3.36. The van der Waals surface area contributed by atoms with Crippen molar-refractivity contribution >= 4 is 40.2 Å². The number of halogens is 3. The lowest BCUT2D eigenvalue weighted by Gasteiger charge is -2.27. The molecule has 0 radical (unpaired) electrons. The van der Waals surface area contributed by atoms with Crippen molar-refractivity contribution in [3.63, 3.8) is 0 Å². The van der Waals surface area contributed by atoms with Crippen molar-refractivity contribution in [2.45, 2.75) is 32.7 Å². The molecule has 23 heavy (non-hydrogen) atoms. The molecule has 1 saturated heterocycles. The van der Waals surface area contributed by atoms with E-state index < -0.39 is 23.7 Å². The number of hydrogen-bond donors (Lipinski definition) is 0. The van der Waals surface area contributed by atoms with Crippen molar-refractivity contribution in [3.8, 4) is 5.75 Å². The number of benzene rings is 1. The lowest BCUT2D eigenvalue weighted by molar-refractivity contribution is -0.155. The minimum atomic E-state index is -1.11. The summed E-state index contributed by atoms with van der Waals surface area (Å²) in [6.07, 6.45) is -0.909. The van der Waals surface area contributed by atoms with Crippen LogP contribution in [0.2, 0.25) is 5.02 Å². The molecule has 0 N–H and O–H groups in total. The zero-order valence-electron chi connectivity index (χ0n) is 13.0. The van der Waals surface area contributed by atoms with E-state index in [1.54, 1.807) is 36.4 Å². The Morgan fingerprint density at radius 3 is 2.70 bits per heavy atom. The van der Waals surface area contributed by atoms with E-state index in [1.165, 1.54) is 13.0 Å². The Bertz CT molecular complexity index is 604. The summed E-state index contributed by atoms with van der Waals surface area (Å²) >= 11 is 7.72. The van der Waals surface area contributed by atoms with E-state index in [0.717, 1.165) is 0 Å². The molecule has 0 saturated carbocycles. The van der Waals surface area contributed by atoms with Crippen LogP contribution >= 0.6 is 34.2 Å². The topological polar surface area (TPSA) is 54.0 Å². The Hall–Kier alpha value is -0.640. The standard InChI is InChI=1S/C15H17ClFIO5/c1-4-20-14(19)8(2)23-13-9(15(3)21-5-6-22-15)7-10(16)11(17)12(13)18/h7-8H,4-6H2,1-3H3. The quantitative estimate of drug-likeness (QED) is 0.383. The summed E-state index contributed by atoms with van der Waals surface area (Å²) in [4.78, 5) is 11.8. The smallest absolute Gasteiger partial charge is 0.347 e. The first-order valence-electron chi connectivity index (χ1n) is 7.09. The predicted octanol–water partition coefficient (Wildman–Crippen LogP) is 3.63. The van der Waals surface area contributed by atoms with E-state index in [4.69, 9.17) is 30.5 Å². The maximum absolute atomic E-state index is 14.2. The largest absolute Gasteiger partial charge is 0.477 e. The highest BCUT2D eigenvalue weighted by Gasteiger charge is 2.39. The van der Waals surface area contributed by atoms with Crippen LogP contribution in [0, 0.1) is 9.39 Å². The van der Waals surface area contributed by atoms with Crippen LogP contribution in [-0.4, -0.2) is 31.9 Å². The maximum atomic E-state index is 14.2. The van der Waals surface area contributed by atoms with Gasteiger partial charge in [0.15, 0.2) is 17.7 Å². The summed E-state index contributed by atoms with van der Waals surface area (Å²) < 4.78 is 36.1. The average Bonchev–Trinajstić information content (AvgIpc) is 2.95. The Balaban J connectivity index is 2.44. The fourth-order valence-electron chi connectivity index (χ4n) is 2.19. The van der Waals surface area contributed by atoms with Crippen LogP contribution in [0.5, 0.6) is 5.75 Å². The monoisotopic (exact) mass is 458 g/mol. The fraction of sp³-hybridized carbons (Fsp3) is 0.533. The molecule has 1 aliphatic heterocycles. The first kappa shape index (κ1) is 18.7. The minimum Gasteiger partial charge on any atom is -0.477 e. The van der Waals surface area contributed by atoms with Crippen LogP contribution in [0.15, 0.2) is 6.07 Å². The second kappa shape index (κ2) is 7.50. The Kier molecular flexibility index (Phi) is 6.10. The van der Waals surface area contributed by atoms with Crippen LogP contribution in [0.3, 0.4) is 0 Å². The molecule has 1 atom stereocenters. The fourth-order valence-corrected chi connectivity index (χ4v) is 3.26. The molecule has 1 aliphatic rings. The zero-order chi connectivity index (χ0) is 17.2. The number of rotatable bonds is 5. The van der Waals surface area contributed by atoms with Crippen LogP contribution in [-0.2, 0) is 24.8 Å². The van der Waals surface area contributed by atoms with E-state index in [2.05, 4.69) is 0 Å². The van der Waals surface area contributed by atoms with E-state index in [0.29, 0.717) is 18.8 Å². The zero-order valence-corrected chi connectivity index (χ0v) is 15.9. The summed E-state index contributed by atoms with van der Waals surface area (Å²) in [6, 6.07) is 1.40. The maximum Gasteiger partial charge on any atom is 0.347 e. The van der Waals surface area contributed by atoms with Gasteiger partial charge in [0.2, 0.25) is 0 Å². The summed E-state index contributed by atoms with van der Waals surface area (Å²) in [7, 11) is 0. The normalized spacial score (nSPS) is 17.8. The predicted molar refractivity (Wildman–Crippen MR) is 90.1 cm³/mol. The number of carbonyl (C=O) groups excluding carboxylic acids is 1. The molecule has 5 nitrogen and oxygen atoms in total. The van der Waals surface area contributed by atoms with E-state index >= 15 is 0 Å². The van der Waals surface area contributed by atoms with Gasteiger partial charge < -0.3 is 18.9 Å².